The molecule has 0 bridgehead atoms. The van der Waals surface area contributed by atoms with Crippen LogP contribution in [0.25, 0.3) is 0 Å². The van der Waals surface area contributed by atoms with Crippen molar-refractivity contribution in [1.29, 1.82) is 0 Å². The van der Waals surface area contributed by atoms with Crippen LogP contribution in [-0.4, -0.2) is 33.6 Å². The van der Waals surface area contributed by atoms with Crippen LogP contribution in [0.15, 0.2) is 18.2 Å². The molecule has 0 unspecified atom stereocenters. The monoisotopic (exact) mass is 265 g/mol. The molecule has 96 valence electrons. The lowest BCUT2D eigenvalue weighted by Gasteiger charge is -2.02. The van der Waals surface area contributed by atoms with E-state index in [0.29, 0.717) is 5.69 Å². The normalized spacial score (nSPS) is 10.1. The first-order valence-electron chi connectivity index (χ1n) is 4.09. The third-order valence-corrected chi connectivity index (χ3v) is 1.30. The SMILES string of the molecule is CC(=O)Nc1ccc(O)c(O)c1.O=S(=O)(O)O. The van der Waals surface area contributed by atoms with E-state index in [9.17, 15) is 4.79 Å². The minimum atomic E-state index is -4.67. The number of rotatable bonds is 1. The van der Waals surface area contributed by atoms with E-state index >= 15 is 0 Å². The first-order valence-corrected chi connectivity index (χ1v) is 5.48. The van der Waals surface area contributed by atoms with Crippen LogP contribution in [0.2, 0.25) is 0 Å². The fraction of sp³-hybridized carbons (Fsp3) is 0.125. The standard InChI is InChI=1S/C8H9NO3.H2O4S/c1-5(10)9-6-2-3-7(11)8(12)4-6;1-5(2,3)4/h2-4,11-12H,1H3,(H,9,10);(H2,1,2,3,4). The molecule has 17 heavy (non-hydrogen) atoms. The molecule has 0 aliphatic rings. The molecule has 0 saturated carbocycles. The Balaban J connectivity index is 0.000000437. The zero-order valence-electron chi connectivity index (χ0n) is 8.65. The van der Waals surface area contributed by atoms with Crippen LogP contribution in [0.5, 0.6) is 11.5 Å². The molecule has 8 nitrogen and oxygen atoms in total. The number of phenolic OH excluding ortho intramolecular Hbond substituents is 2. The van der Waals surface area contributed by atoms with Gasteiger partial charge in [0, 0.05) is 18.7 Å². The molecule has 0 radical (unpaired) electrons. The highest BCUT2D eigenvalue weighted by Crippen LogP contribution is 2.27. The molecule has 0 saturated heterocycles. The maximum atomic E-state index is 10.6. The average Bonchev–Trinajstić information content (AvgIpc) is 2.07. The molecule has 0 aliphatic heterocycles. The summed E-state index contributed by atoms with van der Waals surface area (Å²) in [7, 11) is -4.67. The van der Waals surface area contributed by atoms with Gasteiger partial charge >= 0.3 is 10.4 Å². The van der Waals surface area contributed by atoms with Gasteiger partial charge < -0.3 is 15.5 Å². The lowest BCUT2D eigenvalue weighted by Crippen LogP contribution is -2.05. The molecule has 1 aromatic rings. The zero-order chi connectivity index (χ0) is 13.6. The zero-order valence-corrected chi connectivity index (χ0v) is 9.47. The fourth-order valence-corrected chi connectivity index (χ4v) is 0.804. The van der Waals surface area contributed by atoms with Crippen LogP contribution >= 0.6 is 0 Å². The molecule has 1 aromatic carbocycles. The maximum Gasteiger partial charge on any atom is 0.394 e. The highest BCUT2D eigenvalue weighted by atomic mass is 32.3. The van der Waals surface area contributed by atoms with Crippen LogP contribution in [0.3, 0.4) is 0 Å². The van der Waals surface area contributed by atoms with E-state index in [4.69, 9.17) is 27.7 Å². The van der Waals surface area contributed by atoms with Gasteiger partial charge in [0.1, 0.15) is 0 Å². The van der Waals surface area contributed by atoms with Crippen molar-refractivity contribution in [3.63, 3.8) is 0 Å². The Morgan fingerprint density at radius 2 is 1.65 bits per heavy atom. The Hall–Kier alpha value is -1.84. The second-order valence-electron chi connectivity index (χ2n) is 2.83. The van der Waals surface area contributed by atoms with Crippen molar-refractivity contribution < 1.29 is 32.5 Å². The topological polar surface area (TPSA) is 144 Å². The van der Waals surface area contributed by atoms with Crippen molar-refractivity contribution in [3.8, 4) is 11.5 Å². The van der Waals surface area contributed by atoms with Crippen molar-refractivity contribution in [2.75, 3.05) is 5.32 Å². The van der Waals surface area contributed by atoms with Crippen molar-refractivity contribution in [2.45, 2.75) is 6.92 Å². The van der Waals surface area contributed by atoms with E-state index in [-0.39, 0.29) is 17.4 Å². The molecule has 5 N–H and O–H groups in total. The average molecular weight is 265 g/mol. The van der Waals surface area contributed by atoms with Gasteiger partial charge in [-0.1, -0.05) is 0 Å². The number of phenols is 2. The van der Waals surface area contributed by atoms with E-state index in [1.807, 2.05) is 0 Å². The van der Waals surface area contributed by atoms with E-state index < -0.39 is 10.4 Å². The summed E-state index contributed by atoms with van der Waals surface area (Å²) in [6.07, 6.45) is 0. The fourth-order valence-electron chi connectivity index (χ4n) is 0.804. The molecule has 0 fully saturated rings. The highest BCUT2D eigenvalue weighted by molar-refractivity contribution is 7.79. The van der Waals surface area contributed by atoms with Gasteiger partial charge in [0.05, 0.1) is 0 Å². The summed E-state index contributed by atoms with van der Waals surface area (Å²) < 4.78 is 31.6. The van der Waals surface area contributed by atoms with Gasteiger partial charge in [-0.15, -0.1) is 0 Å². The number of amides is 1. The van der Waals surface area contributed by atoms with E-state index in [2.05, 4.69) is 5.32 Å². The van der Waals surface area contributed by atoms with Crippen molar-refractivity contribution in [1.82, 2.24) is 0 Å². The number of aromatic hydroxyl groups is 2. The van der Waals surface area contributed by atoms with Crippen LogP contribution in [-0.2, 0) is 15.2 Å². The molecule has 0 aromatic heterocycles. The summed E-state index contributed by atoms with van der Waals surface area (Å²) in [6.45, 7) is 1.36. The molecular formula is C8H11NO7S. The molecule has 1 rings (SSSR count). The first-order chi connectivity index (χ1) is 7.59. The number of benzene rings is 1. The number of carbonyl (C=O) groups excluding carboxylic acids is 1. The maximum absolute atomic E-state index is 10.6. The predicted molar refractivity (Wildman–Crippen MR) is 58.3 cm³/mol. The van der Waals surface area contributed by atoms with Gasteiger partial charge in [0.15, 0.2) is 11.5 Å². The van der Waals surface area contributed by atoms with Crippen LogP contribution in [0.4, 0.5) is 5.69 Å². The molecule has 0 spiro atoms. The first kappa shape index (κ1) is 15.2. The predicted octanol–water partition coefficient (Wildman–Crippen LogP) is 0.403. The second kappa shape index (κ2) is 6.03. The summed E-state index contributed by atoms with van der Waals surface area (Å²) in [5, 5.41) is 20.4. The second-order valence-corrected chi connectivity index (χ2v) is 3.73. The minimum absolute atomic E-state index is 0.205. The highest BCUT2D eigenvalue weighted by Gasteiger charge is 2.00. The largest absolute Gasteiger partial charge is 0.504 e. The lowest BCUT2D eigenvalue weighted by atomic mass is 10.3. The summed E-state index contributed by atoms with van der Waals surface area (Å²) >= 11 is 0. The molecular weight excluding hydrogens is 254 g/mol. The lowest BCUT2D eigenvalue weighted by molar-refractivity contribution is -0.114. The molecule has 0 heterocycles. The van der Waals surface area contributed by atoms with Crippen molar-refractivity contribution >= 4 is 22.0 Å². The van der Waals surface area contributed by atoms with Crippen LogP contribution in [0, 0.1) is 0 Å². The smallest absolute Gasteiger partial charge is 0.394 e. The van der Waals surface area contributed by atoms with Crippen molar-refractivity contribution in [2.24, 2.45) is 0 Å². The Morgan fingerprint density at radius 3 is 2.00 bits per heavy atom. The molecule has 0 aliphatic carbocycles. The van der Waals surface area contributed by atoms with Crippen LogP contribution < -0.4 is 5.32 Å². The minimum Gasteiger partial charge on any atom is -0.504 e. The number of anilines is 1. The molecule has 9 heteroatoms. The number of hydrogen-bond acceptors (Lipinski definition) is 5. The Kier molecular flexibility index (Phi) is 5.38. The van der Waals surface area contributed by atoms with E-state index in [0.717, 1.165) is 0 Å². The molecule has 1 amide bonds. The number of hydrogen-bond donors (Lipinski definition) is 5. The van der Waals surface area contributed by atoms with Gasteiger partial charge in [-0.2, -0.15) is 8.42 Å². The molecule has 0 atom stereocenters. The Morgan fingerprint density at radius 1 is 1.18 bits per heavy atom. The van der Waals surface area contributed by atoms with E-state index in [1.165, 1.54) is 25.1 Å². The van der Waals surface area contributed by atoms with Crippen molar-refractivity contribution in [3.05, 3.63) is 18.2 Å². The summed E-state index contributed by atoms with van der Waals surface area (Å²) in [5.74, 6) is -0.676. The number of carbonyl (C=O) groups is 1. The Labute approximate surface area is 97.1 Å². The van der Waals surface area contributed by atoms with Gasteiger partial charge in [0.2, 0.25) is 5.91 Å². The third-order valence-electron chi connectivity index (χ3n) is 1.30. The van der Waals surface area contributed by atoms with Gasteiger partial charge in [-0.25, -0.2) is 0 Å². The van der Waals surface area contributed by atoms with Crippen LogP contribution in [0.1, 0.15) is 6.92 Å². The number of nitrogens with one attached hydrogen (secondary N) is 1. The summed E-state index contributed by atoms with van der Waals surface area (Å²) in [5.41, 5.74) is 0.456. The summed E-state index contributed by atoms with van der Waals surface area (Å²) in [6, 6.07) is 4.08. The van der Waals surface area contributed by atoms with Gasteiger partial charge in [-0.3, -0.25) is 13.9 Å². The quantitative estimate of drug-likeness (QED) is 0.281. The van der Waals surface area contributed by atoms with Gasteiger partial charge in [0.25, 0.3) is 0 Å². The van der Waals surface area contributed by atoms with Gasteiger partial charge in [-0.05, 0) is 12.1 Å². The summed E-state index contributed by atoms with van der Waals surface area (Å²) in [4.78, 5) is 10.6. The third kappa shape index (κ3) is 9.11. The Bertz CT molecular complexity index is 489. The van der Waals surface area contributed by atoms with E-state index in [1.54, 1.807) is 0 Å².